The molecule has 4 rings (SSSR count). The zero-order chi connectivity index (χ0) is 26.6. The molecule has 0 saturated carbocycles. The van der Waals surface area contributed by atoms with Crippen LogP contribution in [0, 0.1) is 0 Å². The summed E-state index contributed by atoms with van der Waals surface area (Å²) in [4.78, 5) is 15.5. The fraction of sp³-hybridized carbons (Fsp3) is 0.387. The molecule has 2 atom stereocenters. The molecule has 1 saturated heterocycles. The number of rotatable bonds is 13. The highest BCUT2D eigenvalue weighted by Crippen LogP contribution is 2.29. The van der Waals surface area contributed by atoms with E-state index in [-0.39, 0.29) is 18.1 Å². The van der Waals surface area contributed by atoms with E-state index in [1.54, 1.807) is 0 Å². The van der Waals surface area contributed by atoms with E-state index >= 15 is 0 Å². The van der Waals surface area contributed by atoms with Crippen molar-refractivity contribution >= 4 is 29.1 Å². The molecule has 3 aromatic rings. The first kappa shape index (κ1) is 28.6. The SMILES string of the molecule is O=C(c1ccccc1)N(CCOCc1ccccc1)CC(CCOC1CCCCO1)c1ccc(Cl)c(Cl)c1. The van der Waals surface area contributed by atoms with E-state index in [0.717, 1.165) is 37.0 Å². The number of amides is 1. The summed E-state index contributed by atoms with van der Waals surface area (Å²) in [6, 6.07) is 25.1. The Morgan fingerprint density at radius 1 is 0.947 bits per heavy atom. The molecule has 1 fully saturated rings. The smallest absolute Gasteiger partial charge is 0.253 e. The summed E-state index contributed by atoms with van der Waals surface area (Å²) in [6.07, 6.45) is 3.65. The molecule has 3 aromatic carbocycles. The van der Waals surface area contributed by atoms with Gasteiger partial charge in [-0.2, -0.15) is 0 Å². The largest absolute Gasteiger partial charge is 0.375 e. The third kappa shape index (κ3) is 8.82. The molecule has 202 valence electrons. The molecule has 0 aromatic heterocycles. The first-order chi connectivity index (χ1) is 18.6. The van der Waals surface area contributed by atoms with E-state index in [0.29, 0.717) is 54.9 Å². The van der Waals surface area contributed by atoms with Crippen LogP contribution in [0.4, 0.5) is 0 Å². The number of hydrogen-bond donors (Lipinski definition) is 0. The summed E-state index contributed by atoms with van der Waals surface area (Å²) in [6.45, 7) is 3.14. The summed E-state index contributed by atoms with van der Waals surface area (Å²) in [7, 11) is 0. The molecule has 7 heteroatoms. The summed E-state index contributed by atoms with van der Waals surface area (Å²) in [5.74, 6) is -0.0364. The van der Waals surface area contributed by atoms with Gasteiger partial charge in [-0.3, -0.25) is 4.79 Å². The highest BCUT2D eigenvalue weighted by atomic mass is 35.5. The van der Waals surface area contributed by atoms with Gasteiger partial charge in [-0.25, -0.2) is 0 Å². The van der Waals surface area contributed by atoms with Gasteiger partial charge in [0.2, 0.25) is 0 Å². The molecular formula is C31H35Cl2NO4. The van der Waals surface area contributed by atoms with E-state index < -0.39 is 0 Å². The van der Waals surface area contributed by atoms with Gasteiger partial charge in [0.15, 0.2) is 6.29 Å². The van der Waals surface area contributed by atoms with Gasteiger partial charge in [0.1, 0.15) is 0 Å². The Balaban J connectivity index is 1.46. The maximum absolute atomic E-state index is 13.6. The third-order valence-corrected chi connectivity index (χ3v) is 7.43. The van der Waals surface area contributed by atoms with Gasteiger partial charge in [-0.1, -0.05) is 77.8 Å². The van der Waals surface area contributed by atoms with Crippen molar-refractivity contribution < 1.29 is 19.0 Å². The predicted octanol–water partition coefficient (Wildman–Crippen LogP) is 7.37. The number of ether oxygens (including phenoxy) is 3. The molecule has 0 aliphatic carbocycles. The van der Waals surface area contributed by atoms with Gasteiger partial charge in [0, 0.05) is 31.2 Å². The summed E-state index contributed by atoms with van der Waals surface area (Å²) in [5, 5.41) is 1.00. The third-order valence-electron chi connectivity index (χ3n) is 6.69. The van der Waals surface area contributed by atoms with Gasteiger partial charge in [-0.15, -0.1) is 0 Å². The maximum Gasteiger partial charge on any atom is 0.253 e. The van der Waals surface area contributed by atoms with Crippen LogP contribution in [0.1, 0.15) is 53.1 Å². The quantitative estimate of drug-likeness (QED) is 0.206. The number of nitrogens with zero attached hydrogens (tertiary/aromatic N) is 1. The Labute approximate surface area is 235 Å². The zero-order valence-corrected chi connectivity index (χ0v) is 23.1. The Hall–Kier alpha value is -2.41. The van der Waals surface area contributed by atoms with Crippen molar-refractivity contribution in [2.45, 2.75) is 44.5 Å². The summed E-state index contributed by atoms with van der Waals surface area (Å²) >= 11 is 12.6. The van der Waals surface area contributed by atoms with E-state index in [9.17, 15) is 4.79 Å². The topological polar surface area (TPSA) is 48.0 Å². The van der Waals surface area contributed by atoms with Crippen LogP contribution < -0.4 is 0 Å². The number of hydrogen-bond acceptors (Lipinski definition) is 4. The molecule has 1 aliphatic heterocycles. The minimum absolute atomic E-state index is 0.00450. The molecule has 0 radical (unpaired) electrons. The minimum Gasteiger partial charge on any atom is -0.375 e. The highest BCUT2D eigenvalue weighted by molar-refractivity contribution is 6.42. The van der Waals surface area contributed by atoms with Crippen LogP contribution in [-0.2, 0) is 20.8 Å². The monoisotopic (exact) mass is 555 g/mol. The minimum atomic E-state index is -0.161. The van der Waals surface area contributed by atoms with Crippen LogP contribution >= 0.6 is 23.2 Å². The normalized spacial score (nSPS) is 16.2. The molecule has 38 heavy (non-hydrogen) atoms. The zero-order valence-electron chi connectivity index (χ0n) is 21.6. The van der Waals surface area contributed by atoms with Crippen LogP contribution in [0.3, 0.4) is 0 Å². The van der Waals surface area contributed by atoms with Crippen LogP contribution in [0.2, 0.25) is 10.0 Å². The number of carbonyl (C=O) groups excluding carboxylic acids is 1. The van der Waals surface area contributed by atoms with E-state index in [2.05, 4.69) is 0 Å². The van der Waals surface area contributed by atoms with Gasteiger partial charge in [0.25, 0.3) is 5.91 Å². The molecule has 0 N–H and O–H groups in total. The second-order valence-corrected chi connectivity index (χ2v) is 10.3. The molecular weight excluding hydrogens is 521 g/mol. The lowest BCUT2D eigenvalue weighted by molar-refractivity contribution is -0.163. The number of benzene rings is 3. The Bertz CT molecular complexity index is 1120. The van der Waals surface area contributed by atoms with Crippen molar-refractivity contribution in [3.8, 4) is 0 Å². The number of halogens is 2. The lowest BCUT2D eigenvalue weighted by Gasteiger charge is -2.29. The van der Waals surface area contributed by atoms with Crippen LogP contribution in [0.25, 0.3) is 0 Å². The molecule has 2 unspecified atom stereocenters. The summed E-state index contributed by atoms with van der Waals surface area (Å²) < 4.78 is 17.7. The average molecular weight is 557 g/mol. The van der Waals surface area contributed by atoms with Crippen molar-refractivity contribution in [1.29, 1.82) is 0 Å². The second-order valence-electron chi connectivity index (χ2n) is 9.48. The van der Waals surface area contributed by atoms with Gasteiger partial charge >= 0.3 is 0 Å². The molecule has 1 heterocycles. The number of carbonyl (C=O) groups is 1. The predicted molar refractivity (Wildman–Crippen MR) is 152 cm³/mol. The first-order valence-electron chi connectivity index (χ1n) is 13.2. The molecule has 0 spiro atoms. The summed E-state index contributed by atoms with van der Waals surface area (Å²) in [5.41, 5.74) is 2.77. The van der Waals surface area contributed by atoms with E-state index in [1.165, 1.54) is 0 Å². The van der Waals surface area contributed by atoms with Gasteiger partial charge in [0.05, 0.1) is 29.9 Å². The van der Waals surface area contributed by atoms with Crippen molar-refractivity contribution in [3.63, 3.8) is 0 Å². The fourth-order valence-electron chi connectivity index (χ4n) is 4.56. The fourth-order valence-corrected chi connectivity index (χ4v) is 4.86. The van der Waals surface area contributed by atoms with Crippen molar-refractivity contribution in [3.05, 3.63) is 106 Å². The Morgan fingerprint density at radius 2 is 1.71 bits per heavy atom. The Morgan fingerprint density at radius 3 is 2.42 bits per heavy atom. The van der Waals surface area contributed by atoms with E-state index in [1.807, 2.05) is 83.8 Å². The standard InChI is InChI=1S/C31H35Cl2NO4/c32-28-15-14-26(21-29(28)33)27(16-19-38-30-13-7-8-18-37-30)22-34(31(35)25-11-5-2-6-12-25)17-20-36-23-24-9-3-1-4-10-24/h1-6,9-12,14-15,21,27,30H,7-8,13,16-20,22-23H2. The van der Waals surface area contributed by atoms with Crippen molar-refractivity contribution in [2.75, 3.05) is 32.9 Å². The highest BCUT2D eigenvalue weighted by Gasteiger charge is 2.23. The molecule has 1 amide bonds. The first-order valence-corrected chi connectivity index (χ1v) is 14.0. The molecule has 1 aliphatic rings. The average Bonchev–Trinajstić information content (AvgIpc) is 2.96. The molecule has 0 bridgehead atoms. The van der Waals surface area contributed by atoms with Crippen molar-refractivity contribution in [1.82, 2.24) is 4.90 Å². The lowest BCUT2D eigenvalue weighted by Crippen LogP contribution is -2.37. The van der Waals surface area contributed by atoms with Crippen LogP contribution in [0.15, 0.2) is 78.9 Å². The van der Waals surface area contributed by atoms with Gasteiger partial charge in [-0.05, 0) is 61.1 Å². The maximum atomic E-state index is 13.6. The second kappa shape index (κ2) is 15.2. The Kier molecular flexibility index (Phi) is 11.5. The van der Waals surface area contributed by atoms with E-state index in [4.69, 9.17) is 37.4 Å². The molecule has 5 nitrogen and oxygen atoms in total. The van der Waals surface area contributed by atoms with Gasteiger partial charge < -0.3 is 19.1 Å². The lowest BCUT2D eigenvalue weighted by atomic mass is 9.95. The van der Waals surface area contributed by atoms with Crippen LogP contribution in [0.5, 0.6) is 0 Å². The van der Waals surface area contributed by atoms with Crippen LogP contribution in [-0.4, -0.2) is 50.0 Å². The van der Waals surface area contributed by atoms with Crippen molar-refractivity contribution in [2.24, 2.45) is 0 Å².